The van der Waals surface area contributed by atoms with Crippen LogP contribution >= 0.6 is 0 Å². The maximum atomic E-state index is 12.0. The highest BCUT2D eigenvalue weighted by molar-refractivity contribution is 5.70. The molecule has 0 aromatic carbocycles. The number of hydrogen-bond acceptors (Lipinski definition) is 5. The molecule has 2 heterocycles. The first-order valence-corrected chi connectivity index (χ1v) is 6.03. The highest BCUT2D eigenvalue weighted by Crippen LogP contribution is 2.31. The normalized spacial score (nSPS) is 30.4. The predicted octanol–water partition coefficient (Wildman–Crippen LogP) is 0.260. The zero-order chi connectivity index (χ0) is 14.4. The third kappa shape index (κ3) is 2.59. The first-order chi connectivity index (χ1) is 8.70. The van der Waals surface area contributed by atoms with Crippen molar-refractivity contribution in [2.75, 3.05) is 13.2 Å². The average Bonchev–Trinajstić information content (AvgIpc) is 2.77. The lowest BCUT2D eigenvalue weighted by Crippen LogP contribution is -2.45. The van der Waals surface area contributed by atoms with Gasteiger partial charge in [-0.3, -0.25) is 9.74 Å². The number of β-amino-alcohol motifs (C(OH)–C–C–N with tert-alkyl or cyclic N) is 1. The molecule has 2 saturated heterocycles. The molecular formula is C11H18N2O6. The van der Waals surface area contributed by atoms with Crippen molar-refractivity contribution < 1.29 is 29.4 Å². The Kier molecular flexibility index (Phi) is 3.31. The molecule has 2 amide bonds. The number of amides is 2. The second-order valence-electron chi connectivity index (χ2n) is 5.66. The van der Waals surface area contributed by atoms with Gasteiger partial charge in [-0.1, -0.05) is 0 Å². The Morgan fingerprint density at radius 3 is 2.53 bits per heavy atom. The summed E-state index contributed by atoms with van der Waals surface area (Å²) in [6, 6.07) is -1.27. The summed E-state index contributed by atoms with van der Waals surface area (Å²) in [4.78, 5) is 29.3. The Labute approximate surface area is 110 Å². The van der Waals surface area contributed by atoms with Gasteiger partial charge in [0.25, 0.3) is 0 Å². The minimum Gasteiger partial charge on any atom is -0.463 e. The van der Waals surface area contributed by atoms with E-state index in [1.807, 2.05) is 0 Å². The summed E-state index contributed by atoms with van der Waals surface area (Å²) in [6.45, 7) is 5.29. The Balaban J connectivity index is 2.11. The maximum absolute atomic E-state index is 12.0. The molecule has 2 rings (SSSR count). The van der Waals surface area contributed by atoms with Gasteiger partial charge in [0.2, 0.25) is 0 Å². The van der Waals surface area contributed by atoms with Crippen LogP contribution in [0.25, 0.3) is 0 Å². The van der Waals surface area contributed by atoms with E-state index in [0.29, 0.717) is 5.06 Å². The van der Waals surface area contributed by atoms with E-state index in [1.165, 1.54) is 4.90 Å². The van der Waals surface area contributed by atoms with Gasteiger partial charge in [-0.2, -0.15) is 5.06 Å². The molecule has 0 bridgehead atoms. The number of carboxylic acid groups (broad SMARTS) is 1. The first kappa shape index (κ1) is 13.9. The van der Waals surface area contributed by atoms with Crippen molar-refractivity contribution in [1.29, 1.82) is 0 Å². The third-order valence-electron chi connectivity index (χ3n) is 3.04. The lowest BCUT2D eigenvalue weighted by Gasteiger charge is -2.26. The van der Waals surface area contributed by atoms with Crippen molar-refractivity contribution in [2.24, 2.45) is 0 Å². The number of nitrogens with zero attached hydrogens (tertiary/aromatic N) is 2. The van der Waals surface area contributed by atoms with E-state index in [1.54, 1.807) is 20.8 Å². The highest BCUT2D eigenvalue weighted by atomic mass is 16.7. The van der Waals surface area contributed by atoms with Crippen LogP contribution in [0.1, 0.15) is 20.8 Å². The van der Waals surface area contributed by atoms with Crippen LogP contribution in [0.4, 0.5) is 9.59 Å². The predicted molar refractivity (Wildman–Crippen MR) is 62.3 cm³/mol. The number of aliphatic hydroxyl groups is 1. The van der Waals surface area contributed by atoms with Gasteiger partial charge in [0.05, 0.1) is 25.3 Å². The molecule has 19 heavy (non-hydrogen) atoms. The second-order valence-corrected chi connectivity index (χ2v) is 5.66. The lowest BCUT2D eigenvalue weighted by molar-refractivity contribution is -0.121. The summed E-state index contributed by atoms with van der Waals surface area (Å²) >= 11 is 0. The summed E-state index contributed by atoms with van der Waals surface area (Å²) in [5, 5.41) is 19.6. The fourth-order valence-corrected chi connectivity index (χ4v) is 2.34. The molecule has 8 nitrogen and oxygen atoms in total. The van der Waals surface area contributed by atoms with Crippen LogP contribution in [0.3, 0.4) is 0 Å². The topological polar surface area (TPSA) is 99.5 Å². The van der Waals surface area contributed by atoms with Crippen LogP contribution in [0.15, 0.2) is 0 Å². The van der Waals surface area contributed by atoms with Crippen LogP contribution < -0.4 is 0 Å². The lowest BCUT2D eigenvalue weighted by atomic mass is 10.1. The molecule has 0 aliphatic carbocycles. The van der Waals surface area contributed by atoms with Gasteiger partial charge in [0.1, 0.15) is 11.6 Å². The van der Waals surface area contributed by atoms with E-state index in [0.717, 1.165) is 0 Å². The minimum atomic E-state index is -1.28. The molecule has 2 aliphatic heterocycles. The molecule has 3 atom stereocenters. The maximum Gasteiger partial charge on any atom is 0.431 e. The Hall–Kier alpha value is -1.54. The zero-order valence-electron chi connectivity index (χ0n) is 11.1. The molecule has 8 heteroatoms. The van der Waals surface area contributed by atoms with Gasteiger partial charge in [-0.05, 0) is 20.8 Å². The fraction of sp³-hybridized carbons (Fsp3) is 0.818. The summed E-state index contributed by atoms with van der Waals surface area (Å²) < 4.78 is 5.23. The van der Waals surface area contributed by atoms with Gasteiger partial charge < -0.3 is 14.9 Å². The molecular weight excluding hydrogens is 256 g/mol. The van der Waals surface area contributed by atoms with Crippen molar-refractivity contribution in [2.45, 2.75) is 44.6 Å². The Morgan fingerprint density at radius 1 is 1.37 bits per heavy atom. The highest BCUT2D eigenvalue weighted by Gasteiger charge is 2.54. The quantitative estimate of drug-likeness (QED) is 0.657. The van der Waals surface area contributed by atoms with Gasteiger partial charge in [-0.25, -0.2) is 9.59 Å². The second kappa shape index (κ2) is 4.53. The minimum absolute atomic E-state index is 0.0350. The van der Waals surface area contributed by atoms with Crippen molar-refractivity contribution in [1.82, 2.24) is 9.96 Å². The molecule has 0 radical (unpaired) electrons. The number of hydrogen-bond donors (Lipinski definition) is 2. The van der Waals surface area contributed by atoms with Crippen molar-refractivity contribution in [3.05, 3.63) is 0 Å². The summed E-state index contributed by atoms with van der Waals surface area (Å²) in [5.41, 5.74) is -0.647. The number of rotatable bonds is 0. The van der Waals surface area contributed by atoms with E-state index in [9.17, 15) is 14.7 Å². The molecule has 0 saturated carbocycles. The molecule has 0 unspecified atom stereocenters. The van der Waals surface area contributed by atoms with E-state index in [-0.39, 0.29) is 13.2 Å². The molecule has 108 valence electrons. The standard InChI is InChI=1S/C11H18N2O6/c1-11(2,3)19-10(17)12-4-7(14)8-6(12)5-18-13(8)9(15)16/h6-8,14H,4-5H2,1-3H3,(H,15,16)/t6-,7+,8+/m1/s1. The number of ether oxygens (including phenoxy) is 1. The Bertz CT molecular complexity index is 393. The monoisotopic (exact) mass is 274 g/mol. The van der Waals surface area contributed by atoms with Crippen LogP contribution in [-0.2, 0) is 9.57 Å². The van der Waals surface area contributed by atoms with Crippen LogP contribution in [0.5, 0.6) is 0 Å². The summed E-state index contributed by atoms with van der Waals surface area (Å²) in [6.07, 6.45) is -2.83. The number of likely N-dealkylation sites (tertiary alicyclic amines) is 1. The average molecular weight is 274 g/mol. The molecule has 2 aliphatic rings. The number of aliphatic hydroxyl groups excluding tert-OH is 1. The molecule has 0 aromatic rings. The van der Waals surface area contributed by atoms with Gasteiger partial charge in [0, 0.05) is 0 Å². The van der Waals surface area contributed by atoms with Crippen LogP contribution in [0, 0.1) is 0 Å². The molecule has 2 N–H and O–H groups in total. The summed E-state index contributed by atoms with van der Waals surface area (Å²) in [5.74, 6) is 0. The third-order valence-corrected chi connectivity index (χ3v) is 3.04. The van der Waals surface area contributed by atoms with E-state index >= 15 is 0 Å². The smallest absolute Gasteiger partial charge is 0.431 e. The van der Waals surface area contributed by atoms with Crippen molar-refractivity contribution in [3.8, 4) is 0 Å². The van der Waals surface area contributed by atoms with Crippen molar-refractivity contribution >= 4 is 12.2 Å². The molecule has 2 fully saturated rings. The van der Waals surface area contributed by atoms with Gasteiger partial charge >= 0.3 is 12.2 Å². The largest absolute Gasteiger partial charge is 0.463 e. The van der Waals surface area contributed by atoms with Gasteiger partial charge in [0.15, 0.2) is 0 Å². The number of carbonyl (C=O) groups is 2. The van der Waals surface area contributed by atoms with Gasteiger partial charge in [-0.15, -0.1) is 0 Å². The van der Waals surface area contributed by atoms with E-state index in [4.69, 9.17) is 14.7 Å². The number of hydroxylamine groups is 2. The van der Waals surface area contributed by atoms with Crippen LogP contribution in [-0.4, -0.2) is 69.3 Å². The first-order valence-electron chi connectivity index (χ1n) is 6.03. The van der Waals surface area contributed by atoms with Crippen LogP contribution in [0.2, 0.25) is 0 Å². The zero-order valence-corrected chi connectivity index (χ0v) is 11.1. The van der Waals surface area contributed by atoms with Crippen molar-refractivity contribution in [3.63, 3.8) is 0 Å². The van der Waals surface area contributed by atoms with E-state index in [2.05, 4.69) is 0 Å². The molecule has 0 aromatic heterocycles. The summed E-state index contributed by atoms with van der Waals surface area (Å²) in [7, 11) is 0. The molecule has 0 spiro atoms. The fourth-order valence-electron chi connectivity index (χ4n) is 2.34. The Morgan fingerprint density at radius 2 is 2.00 bits per heavy atom. The number of carbonyl (C=O) groups excluding carboxylic acids is 1. The SMILES string of the molecule is CC(C)(C)OC(=O)N1C[C@H](O)[C@@H]2[C@H]1CON2C(=O)O. The van der Waals surface area contributed by atoms with E-state index < -0.39 is 36.0 Å². The number of fused-ring (bicyclic) bond motifs is 1.